The zero-order valence-corrected chi connectivity index (χ0v) is 9.12. The van der Waals surface area contributed by atoms with Gasteiger partial charge >= 0.3 is 0 Å². The molecule has 0 amide bonds. The second-order valence-electron chi connectivity index (χ2n) is 4.99. The minimum Gasteiger partial charge on any atom is -0.396 e. The highest BCUT2D eigenvalue weighted by atomic mass is 16.2. The van der Waals surface area contributed by atoms with Crippen LogP contribution in [-0.2, 0) is 0 Å². The predicted octanol–water partition coefficient (Wildman–Crippen LogP) is 1.88. The van der Waals surface area contributed by atoms with Crippen molar-refractivity contribution in [2.75, 3.05) is 26.2 Å². The first kappa shape index (κ1) is 10.4. The molecule has 2 unspecified atom stereocenters. The van der Waals surface area contributed by atoms with Gasteiger partial charge in [-0.2, -0.15) is 0 Å². The monoisotopic (exact) mass is 197 g/mol. The first-order chi connectivity index (χ1) is 6.90. The minimum absolute atomic E-state index is 0.366. The van der Waals surface area contributed by atoms with Gasteiger partial charge in [-0.15, -0.1) is 0 Å². The Morgan fingerprint density at radius 1 is 1.00 bits per heavy atom. The standard InChI is InChI=1S/C12H23NO/c14-8-3-1-2-7-13-9-11-5-4-6-12(11)10-13/h11-12,14H,1-10H2. The van der Waals surface area contributed by atoms with Gasteiger partial charge in [0.25, 0.3) is 0 Å². The number of aliphatic hydroxyl groups is 1. The lowest BCUT2D eigenvalue weighted by atomic mass is 10.0. The third-order valence-corrected chi connectivity index (χ3v) is 3.93. The van der Waals surface area contributed by atoms with Crippen LogP contribution < -0.4 is 0 Å². The van der Waals surface area contributed by atoms with Crippen LogP contribution in [0.3, 0.4) is 0 Å². The Labute approximate surface area is 87.3 Å². The number of aliphatic hydroxyl groups excluding tert-OH is 1. The van der Waals surface area contributed by atoms with Crippen molar-refractivity contribution < 1.29 is 5.11 Å². The Morgan fingerprint density at radius 3 is 2.36 bits per heavy atom. The van der Waals surface area contributed by atoms with Crippen molar-refractivity contribution in [2.24, 2.45) is 11.8 Å². The average molecular weight is 197 g/mol. The van der Waals surface area contributed by atoms with Crippen molar-refractivity contribution in [3.8, 4) is 0 Å². The fourth-order valence-electron chi connectivity index (χ4n) is 3.14. The molecule has 0 bridgehead atoms. The maximum Gasteiger partial charge on any atom is 0.0431 e. The van der Waals surface area contributed by atoms with Crippen LogP contribution in [0.1, 0.15) is 38.5 Å². The van der Waals surface area contributed by atoms with Crippen LogP contribution in [0.25, 0.3) is 0 Å². The van der Waals surface area contributed by atoms with Gasteiger partial charge in [-0.25, -0.2) is 0 Å². The summed E-state index contributed by atoms with van der Waals surface area (Å²) in [5.41, 5.74) is 0. The second kappa shape index (κ2) is 5.13. The Kier molecular flexibility index (Phi) is 3.82. The molecule has 2 nitrogen and oxygen atoms in total. The van der Waals surface area contributed by atoms with Gasteiger partial charge in [0.2, 0.25) is 0 Å². The van der Waals surface area contributed by atoms with Crippen LogP contribution in [-0.4, -0.2) is 36.2 Å². The number of rotatable bonds is 5. The lowest BCUT2D eigenvalue weighted by molar-refractivity contribution is 0.268. The largest absolute Gasteiger partial charge is 0.396 e. The normalized spacial score (nSPS) is 32.4. The van der Waals surface area contributed by atoms with Gasteiger partial charge in [0, 0.05) is 19.7 Å². The van der Waals surface area contributed by atoms with Crippen molar-refractivity contribution >= 4 is 0 Å². The van der Waals surface area contributed by atoms with E-state index in [-0.39, 0.29) is 0 Å². The molecule has 0 radical (unpaired) electrons. The van der Waals surface area contributed by atoms with Gasteiger partial charge in [0.05, 0.1) is 0 Å². The van der Waals surface area contributed by atoms with Gasteiger partial charge in [-0.1, -0.05) is 6.42 Å². The maximum atomic E-state index is 8.68. The predicted molar refractivity (Wildman–Crippen MR) is 58.2 cm³/mol. The molecule has 0 aromatic heterocycles. The molecule has 1 aliphatic heterocycles. The Balaban J connectivity index is 1.60. The Hall–Kier alpha value is -0.0800. The highest BCUT2D eigenvalue weighted by Gasteiger charge is 2.35. The van der Waals surface area contributed by atoms with Gasteiger partial charge < -0.3 is 10.0 Å². The zero-order valence-electron chi connectivity index (χ0n) is 9.12. The van der Waals surface area contributed by atoms with E-state index in [4.69, 9.17) is 5.11 Å². The Morgan fingerprint density at radius 2 is 1.71 bits per heavy atom. The summed E-state index contributed by atoms with van der Waals surface area (Å²) in [7, 11) is 0. The summed E-state index contributed by atoms with van der Waals surface area (Å²) in [5, 5.41) is 8.68. The van der Waals surface area contributed by atoms with Crippen molar-refractivity contribution in [3.05, 3.63) is 0 Å². The molecule has 14 heavy (non-hydrogen) atoms. The quantitative estimate of drug-likeness (QED) is 0.680. The van der Waals surface area contributed by atoms with Crippen molar-refractivity contribution in [2.45, 2.75) is 38.5 Å². The first-order valence-corrected chi connectivity index (χ1v) is 6.23. The first-order valence-electron chi connectivity index (χ1n) is 6.23. The van der Waals surface area contributed by atoms with E-state index in [2.05, 4.69) is 4.90 Å². The summed E-state index contributed by atoms with van der Waals surface area (Å²) in [6, 6.07) is 0. The van der Waals surface area contributed by atoms with E-state index in [1.165, 1.54) is 51.7 Å². The second-order valence-corrected chi connectivity index (χ2v) is 4.99. The van der Waals surface area contributed by atoms with E-state index in [0.717, 1.165) is 18.3 Å². The molecule has 0 aromatic rings. The number of likely N-dealkylation sites (tertiary alicyclic amines) is 1. The van der Waals surface area contributed by atoms with Gasteiger partial charge in [0.15, 0.2) is 0 Å². The van der Waals surface area contributed by atoms with E-state index in [0.29, 0.717) is 6.61 Å². The smallest absolute Gasteiger partial charge is 0.0431 e. The van der Waals surface area contributed by atoms with E-state index in [1.807, 2.05) is 0 Å². The molecule has 1 N–H and O–H groups in total. The average Bonchev–Trinajstić information content (AvgIpc) is 2.72. The fourth-order valence-corrected chi connectivity index (χ4v) is 3.14. The highest BCUT2D eigenvalue weighted by Crippen LogP contribution is 2.37. The van der Waals surface area contributed by atoms with Crippen LogP contribution in [0.2, 0.25) is 0 Å². The van der Waals surface area contributed by atoms with Gasteiger partial charge in [-0.05, 0) is 50.5 Å². The van der Waals surface area contributed by atoms with Crippen molar-refractivity contribution in [3.63, 3.8) is 0 Å². The molecule has 2 rings (SSSR count). The molecule has 1 saturated heterocycles. The molecule has 0 spiro atoms. The van der Waals surface area contributed by atoms with Gasteiger partial charge in [0.1, 0.15) is 0 Å². The molecule has 82 valence electrons. The molecule has 1 heterocycles. The van der Waals surface area contributed by atoms with Crippen LogP contribution in [0.5, 0.6) is 0 Å². The van der Waals surface area contributed by atoms with Gasteiger partial charge in [-0.3, -0.25) is 0 Å². The molecule has 2 atom stereocenters. The van der Waals surface area contributed by atoms with E-state index in [1.54, 1.807) is 0 Å². The van der Waals surface area contributed by atoms with E-state index >= 15 is 0 Å². The molecule has 2 heteroatoms. The zero-order chi connectivity index (χ0) is 9.80. The summed E-state index contributed by atoms with van der Waals surface area (Å²) in [5.74, 6) is 2.07. The molecule has 2 fully saturated rings. The summed E-state index contributed by atoms with van der Waals surface area (Å²) in [6.07, 6.45) is 7.91. The number of unbranched alkanes of at least 4 members (excludes halogenated alkanes) is 2. The molecular formula is C12H23NO. The number of fused-ring (bicyclic) bond motifs is 1. The number of hydrogen-bond donors (Lipinski definition) is 1. The summed E-state index contributed by atoms with van der Waals surface area (Å²) in [6.45, 7) is 4.37. The van der Waals surface area contributed by atoms with Crippen molar-refractivity contribution in [1.82, 2.24) is 4.90 Å². The topological polar surface area (TPSA) is 23.5 Å². The highest BCUT2D eigenvalue weighted by molar-refractivity contribution is 4.88. The van der Waals surface area contributed by atoms with Crippen molar-refractivity contribution in [1.29, 1.82) is 0 Å². The maximum absolute atomic E-state index is 8.68. The molecule has 2 aliphatic rings. The van der Waals surface area contributed by atoms with Crippen LogP contribution in [0.15, 0.2) is 0 Å². The lowest BCUT2D eigenvalue weighted by Crippen LogP contribution is -2.22. The lowest BCUT2D eigenvalue weighted by Gasteiger charge is -2.16. The third-order valence-electron chi connectivity index (χ3n) is 3.93. The van der Waals surface area contributed by atoms with E-state index in [9.17, 15) is 0 Å². The molecule has 1 saturated carbocycles. The van der Waals surface area contributed by atoms with E-state index < -0.39 is 0 Å². The minimum atomic E-state index is 0.366. The van der Waals surface area contributed by atoms with Crippen LogP contribution in [0, 0.1) is 11.8 Å². The molecular weight excluding hydrogens is 174 g/mol. The fraction of sp³-hybridized carbons (Fsp3) is 1.00. The molecule has 0 aromatic carbocycles. The Bertz CT molecular complexity index is 160. The number of hydrogen-bond acceptors (Lipinski definition) is 2. The summed E-state index contributed by atoms with van der Waals surface area (Å²) in [4.78, 5) is 2.64. The SMILES string of the molecule is OCCCCCN1CC2CCCC2C1. The summed E-state index contributed by atoms with van der Waals surface area (Å²) >= 11 is 0. The third kappa shape index (κ3) is 2.48. The summed E-state index contributed by atoms with van der Waals surface area (Å²) < 4.78 is 0. The van der Waals surface area contributed by atoms with Crippen LogP contribution in [0.4, 0.5) is 0 Å². The molecule has 1 aliphatic carbocycles. The number of nitrogens with zero attached hydrogens (tertiary/aromatic N) is 1. The van der Waals surface area contributed by atoms with Crippen LogP contribution >= 0.6 is 0 Å².